The second-order valence-electron chi connectivity index (χ2n) is 6.62. The van der Waals surface area contributed by atoms with E-state index in [1.807, 2.05) is 15.7 Å². The fourth-order valence-corrected chi connectivity index (χ4v) is 2.86. The molecule has 1 fully saturated rings. The van der Waals surface area contributed by atoms with Gasteiger partial charge in [0.15, 0.2) is 0 Å². The number of anilines is 1. The van der Waals surface area contributed by atoms with Gasteiger partial charge in [-0.25, -0.2) is 0 Å². The zero-order chi connectivity index (χ0) is 14.9. The van der Waals surface area contributed by atoms with Crippen LogP contribution in [0.2, 0.25) is 0 Å². The number of aromatic nitrogens is 1. The zero-order valence-corrected chi connectivity index (χ0v) is 13.1. The third-order valence-electron chi connectivity index (χ3n) is 4.76. The fourth-order valence-electron chi connectivity index (χ4n) is 2.86. The number of carbonyl (C=O) groups is 1. The lowest BCUT2D eigenvalue weighted by Crippen LogP contribution is -2.42. The molecule has 1 aromatic heterocycles. The minimum atomic E-state index is 0.119. The molecule has 112 valence electrons. The molecule has 0 radical (unpaired) electrons. The van der Waals surface area contributed by atoms with E-state index in [4.69, 9.17) is 5.73 Å². The standard InChI is InChI=1S/C16H27N3O/c1-5-16(4)6-8-18(9-7-16)15(20)14-10-13(17)11-19(14)12(2)3/h10-12H,5-9,17H2,1-4H3. The second-order valence-corrected chi connectivity index (χ2v) is 6.62. The van der Waals surface area contributed by atoms with Crippen LogP contribution in [0.15, 0.2) is 12.3 Å². The summed E-state index contributed by atoms with van der Waals surface area (Å²) in [6, 6.07) is 2.05. The lowest BCUT2D eigenvalue weighted by atomic mass is 9.78. The Bertz CT molecular complexity index is 482. The number of hydrogen-bond donors (Lipinski definition) is 1. The lowest BCUT2D eigenvalue weighted by molar-refractivity contribution is 0.0588. The highest BCUT2D eigenvalue weighted by Gasteiger charge is 2.31. The van der Waals surface area contributed by atoms with Crippen molar-refractivity contribution in [3.05, 3.63) is 18.0 Å². The topological polar surface area (TPSA) is 51.3 Å². The van der Waals surface area contributed by atoms with Gasteiger partial charge in [0.05, 0.1) is 5.69 Å². The van der Waals surface area contributed by atoms with Crippen LogP contribution in [0.3, 0.4) is 0 Å². The number of nitrogens with two attached hydrogens (primary N) is 1. The molecular formula is C16H27N3O. The van der Waals surface area contributed by atoms with Gasteiger partial charge in [0.25, 0.3) is 5.91 Å². The highest BCUT2D eigenvalue weighted by Crippen LogP contribution is 2.34. The summed E-state index contributed by atoms with van der Waals surface area (Å²) in [6.45, 7) is 10.4. The highest BCUT2D eigenvalue weighted by atomic mass is 16.2. The number of hydrogen-bond acceptors (Lipinski definition) is 2. The fraction of sp³-hybridized carbons (Fsp3) is 0.688. The number of nitrogen functional groups attached to an aromatic ring is 1. The van der Waals surface area contributed by atoms with Crippen LogP contribution in [-0.4, -0.2) is 28.5 Å². The van der Waals surface area contributed by atoms with Gasteiger partial charge in [0, 0.05) is 25.3 Å². The summed E-state index contributed by atoms with van der Waals surface area (Å²) in [4.78, 5) is 14.7. The minimum absolute atomic E-state index is 0.119. The van der Waals surface area contributed by atoms with Gasteiger partial charge >= 0.3 is 0 Å². The number of carbonyl (C=O) groups excluding carboxylic acids is 1. The summed E-state index contributed by atoms with van der Waals surface area (Å²) in [5.41, 5.74) is 7.64. The van der Waals surface area contributed by atoms with Crippen molar-refractivity contribution in [1.82, 2.24) is 9.47 Å². The van der Waals surface area contributed by atoms with Crippen LogP contribution in [0.1, 0.15) is 63.5 Å². The largest absolute Gasteiger partial charge is 0.397 e. The summed E-state index contributed by atoms with van der Waals surface area (Å²) in [5, 5.41) is 0. The minimum Gasteiger partial charge on any atom is -0.397 e. The molecule has 0 spiro atoms. The maximum Gasteiger partial charge on any atom is 0.270 e. The van der Waals surface area contributed by atoms with E-state index >= 15 is 0 Å². The van der Waals surface area contributed by atoms with Crippen molar-refractivity contribution in [3.8, 4) is 0 Å². The van der Waals surface area contributed by atoms with Gasteiger partial charge in [-0.2, -0.15) is 0 Å². The molecule has 4 nitrogen and oxygen atoms in total. The molecule has 2 heterocycles. The van der Waals surface area contributed by atoms with Gasteiger partial charge in [-0.3, -0.25) is 4.79 Å². The summed E-state index contributed by atoms with van der Waals surface area (Å²) >= 11 is 0. The van der Waals surface area contributed by atoms with E-state index in [2.05, 4.69) is 27.7 Å². The molecule has 0 aromatic carbocycles. The summed E-state index contributed by atoms with van der Waals surface area (Å²) in [6.07, 6.45) is 5.22. The van der Waals surface area contributed by atoms with Crippen molar-refractivity contribution in [2.75, 3.05) is 18.8 Å². The molecule has 1 saturated heterocycles. The van der Waals surface area contributed by atoms with Crippen LogP contribution in [0, 0.1) is 5.41 Å². The van der Waals surface area contributed by atoms with E-state index in [0.29, 0.717) is 11.1 Å². The quantitative estimate of drug-likeness (QED) is 0.921. The number of amides is 1. The van der Waals surface area contributed by atoms with Crippen LogP contribution in [0.5, 0.6) is 0 Å². The van der Waals surface area contributed by atoms with E-state index in [1.165, 1.54) is 6.42 Å². The van der Waals surface area contributed by atoms with Crippen LogP contribution in [0.25, 0.3) is 0 Å². The third kappa shape index (κ3) is 2.84. The normalized spacial score (nSPS) is 18.6. The van der Waals surface area contributed by atoms with E-state index in [-0.39, 0.29) is 11.9 Å². The Morgan fingerprint density at radius 1 is 1.40 bits per heavy atom. The molecule has 2 rings (SSSR count). The van der Waals surface area contributed by atoms with Crippen molar-refractivity contribution in [3.63, 3.8) is 0 Å². The van der Waals surface area contributed by atoms with Crippen LogP contribution >= 0.6 is 0 Å². The first-order valence-electron chi connectivity index (χ1n) is 7.63. The van der Waals surface area contributed by atoms with E-state index in [0.717, 1.165) is 31.6 Å². The van der Waals surface area contributed by atoms with Gasteiger partial charge < -0.3 is 15.2 Å². The third-order valence-corrected chi connectivity index (χ3v) is 4.76. The van der Waals surface area contributed by atoms with Crippen molar-refractivity contribution in [2.24, 2.45) is 5.41 Å². The smallest absolute Gasteiger partial charge is 0.270 e. The molecule has 1 aromatic rings. The second kappa shape index (κ2) is 5.51. The SMILES string of the molecule is CCC1(C)CCN(C(=O)c2cc(N)cn2C(C)C)CC1. The zero-order valence-electron chi connectivity index (χ0n) is 13.1. The van der Waals surface area contributed by atoms with Crippen LogP contribution in [-0.2, 0) is 0 Å². The van der Waals surface area contributed by atoms with Crippen molar-refractivity contribution in [1.29, 1.82) is 0 Å². The molecule has 4 heteroatoms. The molecule has 20 heavy (non-hydrogen) atoms. The number of rotatable bonds is 3. The van der Waals surface area contributed by atoms with Gasteiger partial charge in [-0.1, -0.05) is 20.3 Å². The maximum atomic E-state index is 12.7. The molecule has 0 bridgehead atoms. The maximum absolute atomic E-state index is 12.7. The summed E-state index contributed by atoms with van der Waals surface area (Å²) < 4.78 is 1.98. The van der Waals surface area contributed by atoms with Gasteiger partial charge in [-0.15, -0.1) is 0 Å². The van der Waals surface area contributed by atoms with Crippen molar-refractivity contribution < 1.29 is 4.79 Å². The van der Waals surface area contributed by atoms with Gasteiger partial charge in [0.2, 0.25) is 0 Å². The molecule has 1 amide bonds. The van der Waals surface area contributed by atoms with E-state index in [1.54, 1.807) is 6.07 Å². The predicted molar refractivity (Wildman–Crippen MR) is 82.8 cm³/mol. The van der Waals surface area contributed by atoms with E-state index in [9.17, 15) is 4.79 Å². The predicted octanol–water partition coefficient (Wildman–Crippen LogP) is 3.30. The van der Waals surface area contributed by atoms with Crippen molar-refractivity contribution in [2.45, 2.75) is 53.0 Å². The Labute approximate surface area is 121 Å². The molecule has 0 atom stereocenters. The number of piperidine rings is 1. The molecule has 2 N–H and O–H groups in total. The van der Waals surface area contributed by atoms with Crippen molar-refractivity contribution >= 4 is 11.6 Å². The highest BCUT2D eigenvalue weighted by molar-refractivity contribution is 5.94. The summed E-state index contributed by atoms with van der Waals surface area (Å²) in [5.74, 6) is 0.119. The molecule has 0 aliphatic carbocycles. The first-order chi connectivity index (χ1) is 9.36. The molecule has 0 unspecified atom stereocenters. The first-order valence-corrected chi connectivity index (χ1v) is 7.63. The first kappa shape index (κ1) is 14.9. The molecule has 1 aliphatic heterocycles. The Balaban J connectivity index is 2.13. The monoisotopic (exact) mass is 277 g/mol. The average molecular weight is 277 g/mol. The average Bonchev–Trinajstić information content (AvgIpc) is 2.81. The van der Waals surface area contributed by atoms with Crippen LogP contribution in [0.4, 0.5) is 5.69 Å². The Kier molecular flexibility index (Phi) is 4.11. The number of likely N-dealkylation sites (tertiary alicyclic amines) is 1. The van der Waals surface area contributed by atoms with Gasteiger partial charge in [-0.05, 0) is 38.2 Å². The number of nitrogens with zero attached hydrogens (tertiary/aromatic N) is 2. The molecule has 0 saturated carbocycles. The Hall–Kier alpha value is -1.45. The Morgan fingerprint density at radius 3 is 2.50 bits per heavy atom. The molecule has 1 aliphatic rings. The van der Waals surface area contributed by atoms with E-state index < -0.39 is 0 Å². The van der Waals surface area contributed by atoms with Gasteiger partial charge in [0.1, 0.15) is 5.69 Å². The lowest BCUT2D eigenvalue weighted by Gasteiger charge is -2.39. The Morgan fingerprint density at radius 2 is 2.00 bits per heavy atom. The summed E-state index contributed by atoms with van der Waals surface area (Å²) in [7, 11) is 0. The molecular weight excluding hydrogens is 250 g/mol. The van der Waals surface area contributed by atoms with Crippen LogP contribution < -0.4 is 5.73 Å².